The van der Waals surface area contributed by atoms with Crippen LogP contribution >= 0.6 is 11.6 Å². The van der Waals surface area contributed by atoms with Gasteiger partial charge in [0.1, 0.15) is 0 Å². The van der Waals surface area contributed by atoms with Crippen molar-refractivity contribution in [1.82, 2.24) is 15.4 Å². The molecule has 0 aliphatic carbocycles. The number of rotatable bonds is 7. The average molecular weight is 320 g/mol. The molecule has 1 aromatic carbocycles. The van der Waals surface area contributed by atoms with E-state index in [2.05, 4.69) is 15.4 Å². The van der Waals surface area contributed by atoms with Crippen LogP contribution in [0.3, 0.4) is 0 Å². The zero-order valence-corrected chi connectivity index (χ0v) is 12.7. The van der Waals surface area contributed by atoms with E-state index in [4.69, 9.17) is 11.6 Å². The predicted octanol–water partition coefficient (Wildman–Crippen LogP) is 0.731. The number of urea groups is 1. The molecule has 1 rings (SSSR count). The molecule has 0 radical (unpaired) electrons. The van der Waals surface area contributed by atoms with Crippen LogP contribution in [0.25, 0.3) is 0 Å². The van der Waals surface area contributed by atoms with Gasteiger partial charge < -0.3 is 10.6 Å². The molecule has 0 saturated heterocycles. The maximum atomic E-state index is 11.4. The Morgan fingerprint density at radius 3 is 2.55 bits per heavy atom. The van der Waals surface area contributed by atoms with Crippen LogP contribution in [0.5, 0.6) is 0 Å². The van der Waals surface area contributed by atoms with E-state index < -0.39 is 10.0 Å². The first-order valence-electron chi connectivity index (χ1n) is 6.07. The van der Waals surface area contributed by atoms with Gasteiger partial charge in [-0.2, -0.15) is 0 Å². The third-order valence-corrected chi connectivity index (χ3v) is 3.33. The van der Waals surface area contributed by atoms with Crippen LogP contribution in [-0.2, 0) is 16.4 Å². The van der Waals surface area contributed by atoms with Gasteiger partial charge in [-0.05, 0) is 24.1 Å². The first-order valence-corrected chi connectivity index (χ1v) is 8.34. The molecule has 0 spiro atoms. The molecule has 20 heavy (non-hydrogen) atoms. The lowest BCUT2D eigenvalue weighted by atomic mass is 10.1. The first-order chi connectivity index (χ1) is 9.37. The van der Waals surface area contributed by atoms with Gasteiger partial charge in [0.2, 0.25) is 10.0 Å². The minimum Gasteiger partial charge on any atom is -0.338 e. The SMILES string of the molecule is CS(=O)(=O)NCCNC(=O)NCCc1cccc(Cl)c1. The fourth-order valence-corrected chi connectivity index (χ4v) is 2.17. The molecule has 0 bridgehead atoms. The summed E-state index contributed by atoms with van der Waals surface area (Å²) >= 11 is 5.85. The van der Waals surface area contributed by atoms with Crippen molar-refractivity contribution in [1.29, 1.82) is 0 Å². The summed E-state index contributed by atoms with van der Waals surface area (Å²) in [6.07, 6.45) is 1.74. The van der Waals surface area contributed by atoms with Crippen molar-refractivity contribution in [2.24, 2.45) is 0 Å². The molecule has 0 unspecified atom stereocenters. The highest BCUT2D eigenvalue weighted by molar-refractivity contribution is 7.88. The van der Waals surface area contributed by atoms with Crippen molar-refractivity contribution in [3.05, 3.63) is 34.9 Å². The second-order valence-electron chi connectivity index (χ2n) is 4.23. The van der Waals surface area contributed by atoms with Crippen LogP contribution in [0.1, 0.15) is 5.56 Å². The number of hydrogen-bond donors (Lipinski definition) is 3. The van der Waals surface area contributed by atoms with E-state index in [9.17, 15) is 13.2 Å². The standard InChI is InChI=1S/C12H18ClN3O3S/c1-20(18,19)16-8-7-15-12(17)14-6-5-10-3-2-4-11(13)9-10/h2-4,9,16H,5-8H2,1H3,(H2,14,15,17). The molecule has 0 aromatic heterocycles. The van der Waals surface area contributed by atoms with Crippen LogP contribution in [0, 0.1) is 0 Å². The van der Waals surface area contributed by atoms with Crippen molar-refractivity contribution >= 4 is 27.7 Å². The van der Waals surface area contributed by atoms with Crippen molar-refractivity contribution in [2.75, 3.05) is 25.9 Å². The van der Waals surface area contributed by atoms with Gasteiger partial charge in [0.25, 0.3) is 0 Å². The molecule has 0 fully saturated rings. The largest absolute Gasteiger partial charge is 0.338 e. The van der Waals surface area contributed by atoms with E-state index in [-0.39, 0.29) is 19.1 Å². The number of hydrogen-bond acceptors (Lipinski definition) is 3. The summed E-state index contributed by atoms with van der Waals surface area (Å²) in [7, 11) is -3.21. The number of amides is 2. The monoisotopic (exact) mass is 319 g/mol. The van der Waals surface area contributed by atoms with Crippen molar-refractivity contribution in [3.8, 4) is 0 Å². The second kappa shape index (κ2) is 8.08. The van der Waals surface area contributed by atoms with E-state index >= 15 is 0 Å². The zero-order chi connectivity index (χ0) is 15.0. The Morgan fingerprint density at radius 1 is 1.20 bits per heavy atom. The number of sulfonamides is 1. The van der Waals surface area contributed by atoms with Crippen LogP contribution in [-0.4, -0.2) is 40.3 Å². The van der Waals surface area contributed by atoms with Gasteiger partial charge in [-0.1, -0.05) is 23.7 Å². The number of carbonyl (C=O) groups is 1. The zero-order valence-electron chi connectivity index (χ0n) is 11.1. The molecular weight excluding hydrogens is 302 g/mol. The number of benzene rings is 1. The second-order valence-corrected chi connectivity index (χ2v) is 6.50. The third kappa shape index (κ3) is 7.98. The maximum absolute atomic E-state index is 11.4. The lowest BCUT2D eigenvalue weighted by Crippen LogP contribution is -2.40. The summed E-state index contributed by atoms with van der Waals surface area (Å²) in [6, 6.07) is 7.09. The van der Waals surface area contributed by atoms with Crippen LogP contribution in [0.15, 0.2) is 24.3 Å². The van der Waals surface area contributed by atoms with Gasteiger partial charge in [0.05, 0.1) is 6.26 Å². The molecule has 2 amide bonds. The Kier molecular flexibility index (Phi) is 6.77. The highest BCUT2D eigenvalue weighted by Gasteiger charge is 2.02. The molecule has 3 N–H and O–H groups in total. The van der Waals surface area contributed by atoms with E-state index in [1.54, 1.807) is 6.07 Å². The summed E-state index contributed by atoms with van der Waals surface area (Å²) in [4.78, 5) is 11.4. The average Bonchev–Trinajstić information content (AvgIpc) is 2.34. The number of nitrogens with one attached hydrogen (secondary N) is 3. The topological polar surface area (TPSA) is 87.3 Å². The Hall–Kier alpha value is -1.31. The summed E-state index contributed by atoms with van der Waals surface area (Å²) in [5.74, 6) is 0. The molecule has 0 saturated carbocycles. The molecule has 0 aliphatic heterocycles. The first kappa shape index (κ1) is 16.7. The van der Waals surface area contributed by atoms with E-state index in [1.807, 2.05) is 18.2 Å². The van der Waals surface area contributed by atoms with Crippen LogP contribution < -0.4 is 15.4 Å². The lowest BCUT2D eigenvalue weighted by molar-refractivity contribution is 0.241. The van der Waals surface area contributed by atoms with E-state index in [0.29, 0.717) is 18.0 Å². The Morgan fingerprint density at radius 2 is 1.90 bits per heavy atom. The Labute approximate surface area is 123 Å². The molecule has 1 aromatic rings. The minimum atomic E-state index is -3.21. The predicted molar refractivity (Wildman–Crippen MR) is 79.4 cm³/mol. The minimum absolute atomic E-state index is 0.167. The van der Waals surface area contributed by atoms with Crippen LogP contribution in [0.4, 0.5) is 4.79 Å². The summed E-state index contributed by atoms with van der Waals surface area (Å²) < 4.78 is 23.8. The lowest BCUT2D eigenvalue weighted by Gasteiger charge is -2.08. The quantitative estimate of drug-likeness (QED) is 0.647. The van der Waals surface area contributed by atoms with Gasteiger partial charge in [-0.3, -0.25) is 0 Å². The smallest absolute Gasteiger partial charge is 0.314 e. The van der Waals surface area contributed by atoms with Crippen LogP contribution in [0.2, 0.25) is 5.02 Å². The summed E-state index contributed by atoms with van der Waals surface area (Å²) in [5, 5.41) is 5.89. The fourth-order valence-electron chi connectivity index (χ4n) is 1.49. The molecule has 8 heteroatoms. The Bertz CT molecular complexity index is 549. The molecule has 6 nitrogen and oxygen atoms in total. The van der Waals surface area contributed by atoms with Crippen molar-refractivity contribution in [3.63, 3.8) is 0 Å². The normalized spacial score (nSPS) is 11.1. The van der Waals surface area contributed by atoms with Crippen molar-refractivity contribution in [2.45, 2.75) is 6.42 Å². The molecule has 112 valence electrons. The van der Waals surface area contributed by atoms with Gasteiger partial charge in [-0.15, -0.1) is 0 Å². The van der Waals surface area contributed by atoms with Gasteiger partial charge in [0.15, 0.2) is 0 Å². The maximum Gasteiger partial charge on any atom is 0.314 e. The molecule has 0 atom stereocenters. The number of carbonyl (C=O) groups excluding carboxylic acids is 1. The van der Waals surface area contributed by atoms with E-state index in [1.165, 1.54) is 0 Å². The highest BCUT2D eigenvalue weighted by atomic mass is 35.5. The third-order valence-electron chi connectivity index (χ3n) is 2.36. The molecular formula is C12H18ClN3O3S. The highest BCUT2D eigenvalue weighted by Crippen LogP contribution is 2.10. The number of halogens is 1. The van der Waals surface area contributed by atoms with Gasteiger partial charge >= 0.3 is 6.03 Å². The van der Waals surface area contributed by atoms with Gasteiger partial charge in [-0.25, -0.2) is 17.9 Å². The summed E-state index contributed by atoms with van der Waals surface area (Å²) in [6.45, 7) is 0.877. The van der Waals surface area contributed by atoms with E-state index in [0.717, 1.165) is 11.8 Å². The Balaban J connectivity index is 2.14. The van der Waals surface area contributed by atoms with Crippen molar-refractivity contribution < 1.29 is 13.2 Å². The fraction of sp³-hybridized carbons (Fsp3) is 0.417. The molecule has 0 heterocycles. The van der Waals surface area contributed by atoms with Gasteiger partial charge in [0, 0.05) is 24.7 Å². The molecule has 0 aliphatic rings. The summed E-state index contributed by atoms with van der Waals surface area (Å²) in [5.41, 5.74) is 1.04.